The predicted molar refractivity (Wildman–Crippen MR) is 109 cm³/mol. The number of aliphatic hydroxyl groups excluding tert-OH is 1. The Bertz CT molecular complexity index is 703. The molecule has 9 heteroatoms. The Labute approximate surface area is 174 Å². The number of urea groups is 1. The van der Waals surface area contributed by atoms with E-state index in [9.17, 15) is 14.7 Å². The van der Waals surface area contributed by atoms with Crippen molar-refractivity contribution in [1.82, 2.24) is 20.1 Å². The minimum absolute atomic E-state index is 0.0713. The molecule has 8 nitrogen and oxygen atoms in total. The van der Waals surface area contributed by atoms with Crippen LogP contribution in [0.1, 0.15) is 37.6 Å². The highest BCUT2D eigenvalue weighted by atomic mass is 79.9. The number of pyridine rings is 1. The van der Waals surface area contributed by atoms with Crippen molar-refractivity contribution >= 4 is 27.9 Å². The van der Waals surface area contributed by atoms with Crippen LogP contribution < -0.4 is 10.1 Å². The summed E-state index contributed by atoms with van der Waals surface area (Å²) in [6.07, 6.45) is 2.08. The van der Waals surface area contributed by atoms with Crippen LogP contribution in [0.2, 0.25) is 0 Å². The molecule has 28 heavy (non-hydrogen) atoms. The fourth-order valence-electron chi connectivity index (χ4n) is 3.01. The van der Waals surface area contributed by atoms with Gasteiger partial charge in [-0.3, -0.25) is 4.79 Å². The van der Waals surface area contributed by atoms with Crippen molar-refractivity contribution in [2.75, 3.05) is 33.3 Å². The van der Waals surface area contributed by atoms with Crippen LogP contribution in [0, 0.1) is 5.92 Å². The first-order valence-corrected chi connectivity index (χ1v) is 10.3. The summed E-state index contributed by atoms with van der Waals surface area (Å²) in [5.41, 5.74) is 0.338. The number of hydrogen-bond donors (Lipinski definition) is 2. The van der Waals surface area contributed by atoms with Gasteiger partial charge < -0.3 is 25.0 Å². The number of nitrogens with zero attached hydrogens (tertiary/aromatic N) is 3. The minimum atomic E-state index is -0.355. The normalized spacial score (nSPS) is 20.5. The molecule has 0 unspecified atom stereocenters. The van der Waals surface area contributed by atoms with Gasteiger partial charge in [0.05, 0.1) is 19.2 Å². The fourth-order valence-corrected chi connectivity index (χ4v) is 3.35. The first-order valence-electron chi connectivity index (χ1n) is 9.51. The molecule has 0 saturated heterocycles. The maximum atomic E-state index is 13.0. The zero-order valence-electron chi connectivity index (χ0n) is 16.8. The van der Waals surface area contributed by atoms with Gasteiger partial charge in [0.1, 0.15) is 11.7 Å². The van der Waals surface area contributed by atoms with E-state index in [2.05, 4.69) is 26.2 Å². The van der Waals surface area contributed by atoms with Crippen molar-refractivity contribution in [3.05, 3.63) is 22.3 Å². The molecule has 3 atom stereocenters. The predicted octanol–water partition coefficient (Wildman–Crippen LogP) is 2.12. The molecule has 156 valence electrons. The third-order valence-corrected chi connectivity index (χ3v) is 5.25. The molecule has 2 N–H and O–H groups in total. The van der Waals surface area contributed by atoms with Crippen LogP contribution in [-0.4, -0.2) is 77.3 Å². The second kappa shape index (κ2) is 10.1. The number of aromatic nitrogens is 1. The third kappa shape index (κ3) is 5.35. The quantitative estimate of drug-likeness (QED) is 0.683. The molecule has 0 radical (unpaired) electrons. The first kappa shape index (κ1) is 22.4. The molecule has 3 amide bonds. The van der Waals surface area contributed by atoms with Crippen LogP contribution in [-0.2, 0) is 0 Å². The molecule has 1 aliphatic rings. The van der Waals surface area contributed by atoms with Gasteiger partial charge in [0, 0.05) is 36.7 Å². The average molecular weight is 457 g/mol. The van der Waals surface area contributed by atoms with Gasteiger partial charge in [-0.1, -0.05) is 13.8 Å². The van der Waals surface area contributed by atoms with Gasteiger partial charge in [-0.05, 0) is 35.3 Å². The molecule has 0 spiro atoms. The number of hydrogen-bond acceptors (Lipinski definition) is 5. The Morgan fingerprint density at radius 2 is 2.29 bits per heavy atom. The van der Waals surface area contributed by atoms with E-state index in [1.165, 1.54) is 0 Å². The van der Waals surface area contributed by atoms with Crippen molar-refractivity contribution in [2.45, 2.75) is 39.3 Å². The van der Waals surface area contributed by atoms with Gasteiger partial charge in [0.15, 0.2) is 0 Å². The summed E-state index contributed by atoms with van der Waals surface area (Å²) in [4.78, 5) is 32.8. The number of ether oxygens (including phenoxy) is 1. The zero-order chi connectivity index (χ0) is 20.8. The molecule has 0 fully saturated rings. The molecule has 1 aromatic rings. The summed E-state index contributed by atoms with van der Waals surface area (Å²) in [6.45, 7) is 6.99. The van der Waals surface area contributed by atoms with E-state index in [-0.39, 0.29) is 42.5 Å². The Morgan fingerprint density at radius 1 is 1.57 bits per heavy atom. The number of carbonyl (C=O) groups is 2. The molecular weight excluding hydrogens is 428 g/mol. The van der Waals surface area contributed by atoms with Crippen LogP contribution >= 0.6 is 15.9 Å². The molecule has 0 saturated carbocycles. The van der Waals surface area contributed by atoms with Crippen LogP contribution in [0.25, 0.3) is 0 Å². The number of aliphatic hydroxyl groups is 1. The van der Waals surface area contributed by atoms with E-state index in [0.29, 0.717) is 29.7 Å². The highest BCUT2D eigenvalue weighted by molar-refractivity contribution is 9.10. The van der Waals surface area contributed by atoms with Gasteiger partial charge in [-0.15, -0.1) is 0 Å². The molecule has 2 rings (SSSR count). The summed E-state index contributed by atoms with van der Waals surface area (Å²) in [7, 11) is 1.72. The second-order valence-electron chi connectivity index (χ2n) is 7.24. The third-order valence-electron chi connectivity index (χ3n) is 4.81. The maximum Gasteiger partial charge on any atom is 0.317 e. The molecule has 0 aliphatic carbocycles. The lowest BCUT2D eigenvalue weighted by Gasteiger charge is -2.37. The van der Waals surface area contributed by atoms with E-state index < -0.39 is 0 Å². The van der Waals surface area contributed by atoms with Crippen LogP contribution in [0.3, 0.4) is 0 Å². The second-order valence-corrected chi connectivity index (χ2v) is 8.16. The monoisotopic (exact) mass is 456 g/mol. The van der Waals surface area contributed by atoms with E-state index in [1.807, 2.05) is 13.8 Å². The topological polar surface area (TPSA) is 95.0 Å². The fraction of sp³-hybridized carbons (Fsp3) is 0.632. The number of fused-ring (bicyclic) bond motifs is 1. The SMILES string of the molecule is CCCNC(=O)N(C)C[C@@H]1Oc2ncc(Br)cc2C(=O)N([C@@H](C)CO)C[C@H]1C. The number of halogens is 1. The summed E-state index contributed by atoms with van der Waals surface area (Å²) in [5.74, 6) is -0.0649. The van der Waals surface area contributed by atoms with Crippen LogP contribution in [0.5, 0.6) is 5.88 Å². The number of likely N-dealkylation sites (N-methyl/N-ethyl adjacent to an activating group) is 1. The Kier molecular flexibility index (Phi) is 8.06. The molecule has 1 aliphatic heterocycles. The summed E-state index contributed by atoms with van der Waals surface area (Å²) in [5, 5.41) is 12.5. The number of nitrogens with one attached hydrogen (secondary N) is 1. The minimum Gasteiger partial charge on any atom is -0.472 e. The standard InChI is InChI=1S/C19H29BrN4O4/c1-5-6-21-19(27)23(4)10-16-12(2)9-24(13(3)11-25)18(26)15-7-14(20)8-22-17(15)28-16/h7-8,12-13,16,25H,5-6,9-11H2,1-4H3,(H,21,27)/t12-,13+,16+/m1/s1. The summed E-state index contributed by atoms with van der Waals surface area (Å²) >= 11 is 3.35. The molecule has 0 aromatic carbocycles. The first-order chi connectivity index (χ1) is 13.3. The Hall–Kier alpha value is -1.87. The average Bonchev–Trinajstić information content (AvgIpc) is 2.68. The van der Waals surface area contributed by atoms with Crippen LogP contribution in [0.4, 0.5) is 4.79 Å². The van der Waals surface area contributed by atoms with Gasteiger partial charge in [-0.25, -0.2) is 9.78 Å². The van der Waals surface area contributed by atoms with Crippen molar-refractivity contribution < 1.29 is 19.4 Å². The van der Waals surface area contributed by atoms with Crippen molar-refractivity contribution in [1.29, 1.82) is 0 Å². The van der Waals surface area contributed by atoms with Gasteiger partial charge in [-0.2, -0.15) is 0 Å². The molecule has 0 bridgehead atoms. The van der Waals surface area contributed by atoms with E-state index >= 15 is 0 Å². The smallest absolute Gasteiger partial charge is 0.317 e. The maximum absolute atomic E-state index is 13.0. The highest BCUT2D eigenvalue weighted by Gasteiger charge is 2.34. The van der Waals surface area contributed by atoms with Crippen molar-refractivity contribution in [3.8, 4) is 5.88 Å². The molecule has 2 heterocycles. The van der Waals surface area contributed by atoms with Crippen molar-refractivity contribution in [2.24, 2.45) is 5.92 Å². The number of amides is 3. The lowest BCUT2D eigenvalue weighted by atomic mass is 10.0. The molecular formula is C19H29BrN4O4. The van der Waals surface area contributed by atoms with Gasteiger partial charge in [0.2, 0.25) is 5.88 Å². The van der Waals surface area contributed by atoms with E-state index in [0.717, 1.165) is 6.42 Å². The summed E-state index contributed by atoms with van der Waals surface area (Å²) in [6, 6.07) is 1.17. The molecule has 1 aromatic heterocycles. The van der Waals surface area contributed by atoms with Crippen molar-refractivity contribution in [3.63, 3.8) is 0 Å². The Morgan fingerprint density at radius 3 is 2.93 bits per heavy atom. The van der Waals surface area contributed by atoms with E-state index in [4.69, 9.17) is 4.74 Å². The van der Waals surface area contributed by atoms with E-state index in [1.54, 1.807) is 36.0 Å². The van der Waals surface area contributed by atoms with Crippen LogP contribution in [0.15, 0.2) is 16.7 Å². The summed E-state index contributed by atoms with van der Waals surface area (Å²) < 4.78 is 6.77. The highest BCUT2D eigenvalue weighted by Crippen LogP contribution is 2.28. The number of rotatable bonds is 6. The Balaban J connectivity index is 2.31. The number of carbonyl (C=O) groups excluding carboxylic acids is 2. The zero-order valence-corrected chi connectivity index (χ0v) is 18.4. The largest absolute Gasteiger partial charge is 0.472 e. The van der Waals surface area contributed by atoms with Gasteiger partial charge in [0.25, 0.3) is 5.91 Å². The lowest BCUT2D eigenvalue weighted by molar-refractivity contribution is 0.0352. The van der Waals surface area contributed by atoms with Gasteiger partial charge >= 0.3 is 6.03 Å². The lowest BCUT2D eigenvalue weighted by Crippen LogP contribution is -2.51.